The molecule has 2 amide bonds. The highest BCUT2D eigenvalue weighted by atomic mass is 35.5. The van der Waals surface area contributed by atoms with E-state index in [-0.39, 0.29) is 23.8 Å². The third kappa shape index (κ3) is 4.44. The van der Waals surface area contributed by atoms with Gasteiger partial charge in [0.05, 0.1) is 6.04 Å². The van der Waals surface area contributed by atoms with Crippen molar-refractivity contribution in [2.75, 3.05) is 13.1 Å². The van der Waals surface area contributed by atoms with Crippen LogP contribution in [0.1, 0.15) is 41.7 Å². The maximum atomic E-state index is 12.6. The van der Waals surface area contributed by atoms with Crippen LogP contribution in [0.25, 0.3) is 0 Å². The molecule has 4 nitrogen and oxygen atoms in total. The average Bonchev–Trinajstić information content (AvgIpc) is 2.68. The van der Waals surface area contributed by atoms with Gasteiger partial charge in [0, 0.05) is 29.6 Å². The number of likely N-dealkylation sites (tertiary alicyclic amines) is 1. The van der Waals surface area contributed by atoms with Crippen molar-refractivity contribution in [2.45, 2.75) is 25.8 Å². The summed E-state index contributed by atoms with van der Waals surface area (Å²) in [7, 11) is 0. The second-order valence-electron chi connectivity index (χ2n) is 6.72. The molecule has 0 aliphatic carbocycles. The Morgan fingerprint density at radius 1 is 1.08 bits per heavy atom. The van der Waals surface area contributed by atoms with Gasteiger partial charge in [-0.15, -0.1) is 0 Å². The number of benzene rings is 2. The molecule has 1 saturated heterocycles. The number of amides is 2. The van der Waals surface area contributed by atoms with Gasteiger partial charge in [-0.3, -0.25) is 9.59 Å². The molecule has 1 aliphatic rings. The standard InChI is InChI=1S/C21H23ClN2O2/c1-15(16-6-3-2-4-7-16)23-20(25)17-10-12-24(13-11-17)21(26)18-8-5-9-19(22)14-18/h2-9,14-15,17H,10-13H2,1H3,(H,23,25)/t15-/m0/s1. The zero-order chi connectivity index (χ0) is 18.5. The van der Waals surface area contributed by atoms with E-state index in [4.69, 9.17) is 11.6 Å². The highest BCUT2D eigenvalue weighted by molar-refractivity contribution is 6.30. The summed E-state index contributed by atoms with van der Waals surface area (Å²) in [6.07, 6.45) is 1.36. The maximum absolute atomic E-state index is 12.6. The number of carbonyl (C=O) groups is 2. The highest BCUT2D eigenvalue weighted by Gasteiger charge is 2.28. The number of nitrogens with one attached hydrogen (secondary N) is 1. The third-order valence-electron chi connectivity index (χ3n) is 4.88. The first kappa shape index (κ1) is 18.5. The van der Waals surface area contributed by atoms with E-state index in [0.717, 1.165) is 5.56 Å². The monoisotopic (exact) mass is 370 g/mol. The van der Waals surface area contributed by atoms with Crippen LogP contribution in [0.15, 0.2) is 54.6 Å². The van der Waals surface area contributed by atoms with Gasteiger partial charge in [0.15, 0.2) is 0 Å². The Bertz CT molecular complexity index is 771. The minimum absolute atomic E-state index is 0.0187. The average molecular weight is 371 g/mol. The Kier molecular flexibility index (Phi) is 5.94. The molecule has 0 radical (unpaired) electrons. The molecule has 5 heteroatoms. The first-order valence-electron chi connectivity index (χ1n) is 8.95. The topological polar surface area (TPSA) is 49.4 Å². The van der Waals surface area contributed by atoms with Crippen LogP contribution in [0, 0.1) is 5.92 Å². The van der Waals surface area contributed by atoms with E-state index in [9.17, 15) is 9.59 Å². The number of halogens is 1. The van der Waals surface area contributed by atoms with E-state index in [1.807, 2.05) is 37.3 Å². The van der Waals surface area contributed by atoms with Gasteiger partial charge in [0.25, 0.3) is 5.91 Å². The van der Waals surface area contributed by atoms with Crippen molar-refractivity contribution in [3.63, 3.8) is 0 Å². The summed E-state index contributed by atoms with van der Waals surface area (Å²) in [5.41, 5.74) is 1.69. The molecule has 3 rings (SSSR count). The van der Waals surface area contributed by atoms with E-state index in [1.165, 1.54) is 0 Å². The Hall–Kier alpha value is -2.33. The second kappa shape index (κ2) is 8.37. The third-order valence-corrected chi connectivity index (χ3v) is 5.12. The highest BCUT2D eigenvalue weighted by Crippen LogP contribution is 2.22. The van der Waals surface area contributed by atoms with Crippen LogP contribution in [-0.4, -0.2) is 29.8 Å². The Morgan fingerprint density at radius 3 is 2.42 bits per heavy atom. The normalized spacial score (nSPS) is 16.2. The number of nitrogens with zero attached hydrogens (tertiary/aromatic N) is 1. The molecule has 0 bridgehead atoms. The molecular formula is C21H23ClN2O2. The van der Waals surface area contributed by atoms with E-state index in [2.05, 4.69) is 5.32 Å². The summed E-state index contributed by atoms with van der Waals surface area (Å²) in [4.78, 5) is 26.9. The number of hydrogen-bond acceptors (Lipinski definition) is 2. The zero-order valence-corrected chi connectivity index (χ0v) is 15.6. The molecule has 2 aromatic rings. The largest absolute Gasteiger partial charge is 0.349 e. The zero-order valence-electron chi connectivity index (χ0n) is 14.8. The summed E-state index contributed by atoms with van der Waals surface area (Å²) < 4.78 is 0. The minimum Gasteiger partial charge on any atom is -0.349 e. The fourth-order valence-corrected chi connectivity index (χ4v) is 3.50. The van der Waals surface area contributed by atoms with Crippen LogP contribution in [0.3, 0.4) is 0 Å². The summed E-state index contributed by atoms with van der Waals surface area (Å²) >= 11 is 5.97. The summed E-state index contributed by atoms with van der Waals surface area (Å²) in [6, 6.07) is 16.9. The molecule has 1 fully saturated rings. The molecule has 0 saturated carbocycles. The molecule has 1 N–H and O–H groups in total. The number of hydrogen-bond donors (Lipinski definition) is 1. The predicted octanol–water partition coefficient (Wildman–Crippen LogP) is 4.07. The van der Waals surface area contributed by atoms with Crippen molar-refractivity contribution < 1.29 is 9.59 Å². The van der Waals surface area contributed by atoms with Gasteiger partial charge in [-0.25, -0.2) is 0 Å². The summed E-state index contributed by atoms with van der Waals surface area (Å²) in [5.74, 6) is -0.00945. The predicted molar refractivity (Wildman–Crippen MR) is 103 cm³/mol. The number of piperidine rings is 1. The molecule has 1 aliphatic heterocycles. The van der Waals surface area contributed by atoms with Crippen LogP contribution in [-0.2, 0) is 4.79 Å². The number of carbonyl (C=O) groups excluding carboxylic acids is 2. The molecular weight excluding hydrogens is 348 g/mol. The SMILES string of the molecule is C[C@H](NC(=O)C1CCN(C(=O)c2cccc(Cl)c2)CC1)c1ccccc1. The molecule has 0 spiro atoms. The van der Waals surface area contributed by atoms with Gasteiger partial charge in [0.1, 0.15) is 0 Å². The minimum atomic E-state index is -0.0513. The van der Waals surface area contributed by atoms with E-state index >= 15 is 0 Å². The molecule has 0 aromatic heterocycles. The van der Waals surface area contributed by atoms with Crippen molar-refractivity contribution in [3.05, 3.63) is 70.7 Å². The van der Waals surface area contributed by atoms with Crippen molar-refractivity contribution >= 4 is 23.4 Å². The lowest BCUT2D eigenvalue weighted by atomic mass is 9.94. The number of rotatable bonds is 4. The first-order valence-corrected chi connectivity index (χ1v) is 9.32. The van der Waals surface area contributed by atoms with Gasteiger partial charge >= 0.3 is 0 Å². The van der Waals surface area contributed by atoms with Crippen molar-refractivity contribution in [2.24, 2.45) is 5.92 Å². The Labute approximate surface area is 159 Å². The second-order valence-corrected chi connectivity index (χ2v) is 7.15. The van der Waals surface area contributed by atoms with Gasteiger partial charge in [-0.2, -0.15) is 0 Å². The summed E-state index contributed by atoms with van der Waals surface area (Å²) in [6.45, 7) is 3.16. The van der Waals surface area contributed by atoms with E-state index in [0.29, 0.717) is 36.5 Å². The lowest BCUT2D eigenvalue weighted by Crippen LogP contribution is -2.43. The molecule has 136 valence electrons. The molecule has 0 unspecified atom stereocenters. The fourth-order valence-electron chi connectivity index (χ4n) is 3.31. The van der Waals surface area contributed by atoms with Gasteiger partial charge in [0.2, 0.25) is 5.91 Å². The van der Waals surface area contributed by atoms with Gasteiger partial charge in [-0.1, -0.05) is 48.0 Å². The van der Waals surface area contributed by atoms with Crippen molar-refractivity contribution in [1.82, 2.24) is 10.2 Å². The smallest absolute Gasteiger partial charge is 0.253 e. The van der Waals surface area contributed by atoms with E-state index in [1.54, 1.807) is 29.2 Å². The maximum Gasteiger partial charge on any atom is 0.253 e. The molecule has 2 aromatic carbocycles. The van der Waals surface area contributed by atoms with Crippen LogP contribution in [0.4, 0.5) is 0 Å². The van der Waals surface area contributed by atoms with Crippen LogP contribution in [0.5, 0.6) is 0 Å². The van der Waals surface area contributed by atoms with Crippen LogP contribution in [0.2, 0.25) is 5.02 Å². The summed E-state index contributed by atoms with van der Waals surface area (Å²) in [5, 5.41) is 3.64. The Morgan fingerprint density at radius 2 is 1.77 bits per heavy atom. The molecule has 26 heavy (non-hydrogen) atoms. The lowest BCUT2D eigenvalue weighted by Gasteiger charge is -2.32. The fraction of sp³-hybridized carbons (Fsp3) is 0.333. The first-order chi connectivity index (χ1) is 12.5. The lowest BCUT2D eigenvalue weighted by molar-refractivity contribution is -0.126. The van der Waals surface area contributed by atoms with Crippen molar-refractivity contribution in [1.29, 1.82) is 0 Å². The molecule has 1 heterocycles. The Balaban J connectivity index is 1.53. The van der Waals surface area contributed by atoms with Crippen molar-refractivity contribution in [3.8, 4) is 0 Å². The quantitative estimate of drug-likeness (QED) is 0.881. The van der Waals surface area contributed by atoms with Gasteiger partial charge in [-0.05, 0) is 43.5 Å². The van der Waals surface area contributed by atoms with E-state index < -0.39 is 0 Å². The van der Waals surface area contributed by atoms with Crippen LogP contribution >= 0.6 is 11.6 Å². The van der Waals surface area contributed by atoms with Gasteiger partial charge < -0.3 is 10.2 Å². The van der Waals surface area contributed by atoms with Crippen LogP contribution < -0.4 is 5.32 Å². The molecule has 1 atom stereocenters.